The minimum absolute atomic E-state index is 0.116. The molecule has 0 saturated carbocycles. The summed E-state index contributed by atoms with van der Waals surface area (Å²) in [5, 5.41) is 13.2. The Kier molecular flexibility index (Phi) is 2.92. The summed E-state index contributed by atoms with van der Waals surface area (Å²) in [6.07, 6.45) is 0. The van der Waals surface area contributed by atoms with Crippen LogP contribution in [-0.4, -0.2) is 22.9 Å². The highest BCUT2D eigenvalue weighted by Crippen LogP contribution is 2.42. The Bertz CT molecular complexity index is 407. The van der Waals surface area contributed by atoms with E-state index in [1.165, 1.54) is 5.56 Å². The highest BCUT2D eigenvalue weighted by Gasteiger charge is 2.41. The maximum absolute atomic E-state index is 9.79. The molecule has 0 bridgehead atoms. The highest BCUT2D eigenvalue weighted by molar-refractivity contribution is 5.42. The van der Waals surface area contributed by atoms with E-state index in [9.17, 15) is 5.11 Å². The predicted octanol–water partition coefficient (Wildman–Crippen LogP) is 2.26. The van der Waals surface area contributed by atoms with Gasteiger partial charge in [-0.2, -0.15) is 0 Å². The van der Waals surface area contributed by atoms with Crippen LogP contribution in [-0.2, 0) is 0 Å². The van der Waals surface area contributed by atoms with E-state index in [1.807, 2.05) is 18.2 Å². The summed E-state index contributed by atoms with van der Waals surface area (Å²) in [6, 6.07) is 8.18. The number of para-hydroxylation sites is 1. The van der Waals surface area contributed by atoms with E-state index < -0.39 is 5.60 Å². The Hall–Kier alpha value is -1.06. The Balaban J connectivity index is 2.20. The van der Waals surface area contributed by atoms with Crippen LogP contribution in [0.25, 0.3) is 0 Å². The van der Waals surface area contributed by atoms with Crippen molar-refractivity contribution in [1.29, 1.82) is 0 Å². The van der Waals surface area contributed by atoms with Gasteiger partial charge in [-0.15, -0.1) is 0 Å². The lowest BCUT2D eigenvalue weighted by molar-refractivity contribution is 0.0537. The molecule has 94 valence electrons. The molecule has 0 aromatic heterocycles. The van der Waals surface area contributed by atoms with Crippen LogP contribution in [0.3, 0.4) is 0 Å². The first kappa shape index (κ1) is 12.4. The van der Waals surface area contributed by atoms with Gasteiger partial charge < -0.3 is 15.2 Å². The minimum Gasteiger partial charge on any atom is -0.486 e. The fourth-order valence-corrected chi connectivity index (χ4v) is 2.24. The SMILES string of the molecule is CC(C)(O)CNC1c2ccccc2OC1(C)C. The maximum atomic E-state index is 9.79. The Labute approximate surface area is 103 Å². The molecule has 1 atom stereocenters. The molecule has 0 saturated heterocycles. The van der Waals surface area contributed by atoms with E-state index in [2.05, 4.69) is 25.2 Å². The zero-order valence-corrected chi connectivity index (χ0v) is 10.9. The number of benzene rings is 1. The first-order chi connectivity index (χ1) is 7.80. The van der Waals surface area contributed by atoms with Gasteiger partial charge in [0.25, 0.3) is 0 Å². The van der Waals surface area contributed by atoms with Crippen molar-refractivity contribution < 1.29 is 9.84 Å². The van der Waals surface area contributed by atoms with Crippen LogP contribution in [0.2, 0.25) is 0 Å². The van der Waals surface area contributed by atoms with Crippen molar-refractivity contribution in [2.45, 2.75) is 44.9 Å². The second-order valence-corrected chi connectivity index (χ2v) is 5.87. The third-order valence-corrected chi connectivity index (χ3v) is 3.04. The van der Waals surface area contributed by atoms with Gasteiger partial charge in [0.1, 0.15) is 11.4 Å². The third kappa shape index (κ3) is 2.61. The van der Waals surface area contributed by atoms with Crippen molar-refractivity contribution >= 4 is 0 Å². The van der Waals surface area contributed by atoms with Crippen molar-refractivity contribution in [3.8, 4) is 5.75 Å². The van der Waals surface area contributed by atoms with E-state index in [4.69, 9.17) is 4.74 Å². The minimum atomic E-state index is -0.715. The van der Waals surface area contributed by atoms with Crippen LogP contribution in [0.4, 0.5) is 0 Å². The molecule has 1 aromatic rings. The summed E-state index contributed by atoms with van der Waals surface area (Å²) in [5.41, 5.74) is 0.171. The molecule has 0 fully saturated rings. The fraction of sp³-hybridized carbons (Fsp3) is 0.571. The number of nitrogens with one attached hydrogen (secondary N) is 1. The van der Waals surface area contributed by atoms with Crippen LogP contribution >= 0.6 is 0 Å². The van der Waals surface area contributed by atoms with E-state index in [0.29, 0.717) is 6.54 Å². The molecule has 1 aliphatic heterocycles. The molecule has 0 aliphatic carbocycles. The largest absolute Gasteiger partial charge is 0.486 e. The molecule has 0 spiro atoms. The van der Waals surface area contributed by atoms with E-state index in [1.54, 1.807) is 13.8 Å². The first-order valence-corrected chi connectivity index (χ1v) is 6.03. The van der Waals surface area contributed by atoms with Crippen LogP contribution in [0.1, 0.15) is 39.3 Å². The topological polar surface area (TPSA) is 41.5 Å². The number of hydrogen-bond acceptors (Lipinski definition) is 3. The van der Waals surface area contributed by atoms with E-state index in [0.717, 1.165) is 5.75 Å². The van der Waals surface area contributed by atoms with Crippen molar-refractivity contribution in [2.75, 3.05) is 6.54 Å². The van der Waals surface area contributed by atoms with Gasteiger partial charge in [-0.1, -0.05) is 18.2 Å². The summed E-state index contributed by atoms with van der Waals surface area (Å²) in [4.78, 5) is 0. The fourth-order valence-electron chi connectivity index (χ4n) is 2.24. The lowest BCUT2D eigenvalue weighted by Gasteiger charge is -2.29. The average Bonchev–Trinajstić information content (AvgIpc) is 2.43. The summed E-state index contributed by atoms with van der Waals surface area (Å²) < 4.78 is 5.93. The highest BCUT2D eigenvalue weighted by atomic mass is 16.5. The summed E-state index contributed by atoms with van der Waals surface area (Å²) in [7, 11) is 0. The lowest BCUT2D eigenvalue weighted by Crippen LogP contribution is -2.44. The molecule has 1 unspecified atom stereocenters. The van der Waals surface area contributed by atoms with Gasteiger partial charge in [-0.25, -0.2) is 0 Å². The molecular weight excluding hydrogens is 214 g/mol. The number of fused-ring (bicyclic) bond motifs is 1. The molecule has 17 heavy (non-hydrogen) atoms. The molecule has 0 amide bonds. The number of aliphatic hydroxyl groups is 1. The standard InChI is InChI=1S/C14H21NO2/c1-13(2,16)9-15-12-10-7-5-6-8-11(10)17-14(12,3)4/h5-8,12,15-16H,9H2,1-4H3. The molecular formula is C14H21NO2. The number of hydrogen-bond donors (Lipinski definition) is 2. The normalized spacial score (nSPS) is 22.1. The third-order valence-electron chi connectivity index (χ3n) is 3.04. The van der Waals surface area contributed by atoms with Crippen molar-refractivity contribution in [2.24, 2.45) is 0 Å². The molecule has 0 radical (unpaired) electrons. The second kappa shape index (κ2) is 4.00. The quantitative estimate of drug-likeness (QED) is 0.844. The monoisotopic (exact) mass is 235 g/mol. The average molecular weight is 235 g/mol. The molecule has 1 aliphatic rings. The number of rotatable bonds is 3. The van der Waals surface area contributed by atoms with Crippen LogP contribution in [0.5, 0.6) is 5.75 Å². The van der Waals surface area contributed by atoms with Gasteiger partial charge in [0.2, 0.25) is 0 Å². The second-order valence-electron chi connectivity index (χ2n) is 5.87. The van der Waals surface area contributed by atoms with Crippen LogP contribution in [0.15, 0.2) is 24.3 Å². The van der Waals surface area contributed by atoms with Crippen molar-refractivity contribution in [3.63, 3.8) is 0 Å². The summed E-state index contributed by atoms with van der Waals surface area (Å²) in [5.74, 6) is 0.936. The maximum Gasteiger partial charge on any atom is 0.125 e. The Morgan fingerprint density at radius 3 is 2.65 bits per heavy atom. The zero-order valence-electron chi connectivity index (χ0n) is 10.9. The Morgan fingerprint density at radius 1 is 1.35 bits per heavy atom. The van der Waals surface area contributed by atoms with Gasteiger partial charge in [0.05, 0.1) is 11.6 Å². The molecule has 1 aromatic carbocycles. The van der Waals surface area contributed by atoms with Crippen LogP contribution in [0, 0.1) is 0 Å². The Morgan fingerprint density at radius 2 is 2.00 bits per heavy atom. The summed E-state index contributed by atoms with van der Waals surface area (Å²) >= 11 is 0. The van der Waals surface area contributed by atoms with E-state index in [-0.39, 0.29) is 11.6 Å². The molecule has 2 N–H and O–H groups in total. The lowest BCUT2D eigenvalue weighted by atomic mass is 9.94. The van der Waals surface area contributed by atoms with Crippen molar-refractivity contribution in [1.82, 2.24) is 5.32 Å². The van der Waals surface area contributed by atoms with Gasteiger partial charge in [0.15, 0.2) is 0 Å². The molecule has 1 heterocycles. The number of ether oxygens (including phenoxy) is 1. The van der Waals surface area contributed by atoms with Gasteiger partial charge in [-0.3, -0.25) is 0 Å². The smallest absolute Gasteiger partial charge is 0.125 e. The van der Waals surface area contributed by atoms with Crippen molar-refractivity contribution in [3.05, 3.63) is 29.8 Å². The van der Waals surface area contributed by atoms with Gasteiger partial charge in [-0.05, 0) is 33.8 Å². The van der Waals surface area contributed by atoms with Gasteiger partial charge in [0, 0.05) is 12.1 Å². The predicted molar refractivity (Wildman–Crippen MR) is 68.2 cm³/mol. The van der Waals surface area contributed by atoms with Crippen LogP contribution < -0.4 is 10.1 Å². The zero-order chi connectivity index (χ0) is 12.7. The summed E-state index contributed by atoms with van der Waals surface area (Å²) in [6.45, 7) is 8.27. The first-order valence-electron chi connectivity index (χ1n) is 6.03. The van der Waals surface area contributed by atoms with E-state index >= 15 is 0 Å². The molecule has 2 rings (SSSR count). The molecule has 3 nitrogen and oxygen atoms in total. The van der Waals surface area contributed by atoms with Gasteiger partial charge >= 0.3 is 0 Å². The molecule has 3 heteroatoms.